The predicted molar refractivity (Wildman–Crippen MR) is 170 cm³/mol. The lowest BCUT2D eigenvalue weighted by atomic mass is 10.0. The van der Waals surface area contributed by atoms with E-state index in [1.807, 2.05) is 70.4 Å². The summed E-state index contributed by atoms with van der Waals surface area (Å²) in [5, 5.41) is 15.8. The molecule has 0 unspecified atom stereocenters. The van der Waals surface area contributed by atoms with E-state index in [4.69, 9.17) is 0 Å². The molecule has 6 rings (SSSR count). The fourth-order valence-corrected chi connectivity index (χ4v) is 5.02. The molecule has 0 aliphatic rings. The molecule has 0 spiro atoms. The number of nitrogens with one attached hydrogen (secondary N) is 4. The van der Waals surface area contributed by atoms with Gasteiger partial charge < -0.3 is 20.5 Å². The summed E-state index contributed by atoms with van der Waals surface area (Å²) in [7, 11) is 4.01. The van der Waals surface area contributed by atoms with Crippen LogP contribution in [0.4, 0.5) is 15.8 Å². The number of halogens is 1. The summed E-state index contributed by atoms with van der Waals surface area (Å²) < 4.78 is 14.7. The van der Waals surface area contributed by atoms with Gasteiger partial charge in [-0.25, -0.2) is 4.39 Å². The van der Waals surface area contributed by atoms with E-state index >= 15 is 0 Å². The van der Waals surface area contributed by atoms with Gasteiger partial charge in [-0.1, -0.05) is 26.0 Å². The number of likely N-dealkylation sites (N-methyl/N-ethyl adjacent to an activating group) is 1. The Hall–Kier alpha value is -5.09. The van der Waals surface area contributed by atoms with Crippen LogP contribution in [0.5, 0.6) is 0 Å². The van der Waals surface area contributed by atoms with Crippen molar-refractivity contribution in [3.05, 3.63) is 79.0 Å². The lowest BCUT2D eigenvalue weighted by Gasteiger charge is -2.13. The summed E-state index contributed by atoms with van der Waals surface area (Å²) in [5.74, 6) is -0.512. The maximum absolute atomic E-state index is 14.7. The quantitative estimate of drug-likeness (QED) is 0.155. The Labute approximate surface area is 248 Å². The molecule has 0 saturated heterocycles. The number of anilines is 2. The van der Waals surface area contributed by atoms with Crippen molar-refractivity contribution in [2.75, 3.05) is 37.8 Å². The Morgan fingerprint density at radius 2 is 1.79 bits per heavy atom. The number of aromatic amines is 2. The van der Waals surface area contributed by atoms with Crippen molar-refractivity contribution in [2.45, 2.75) is 13.8 Å². The van der Waals surface area contributed by atoms with Crippen LogP contribution in [0.25, 0.3) is 55.6 Å². The van der Waals surface area contributed by atoms with Crippen LogP contribution in [0.3, 0.4) is 0 Å². The first-order valence-corrected chi connectivity index (χ1v) is 14.2. The van der Waals surface area contributed by atoms with E-state index in [1.54, 1.807) is 24.7 Å². The maximum atomic E-state index is 14.7. The second kappa shape index (κ2) is 11.7. The molecular formula is C33H33FN8O. The lowest BCUT2D eigenvalue weighted by Crippen LogP contribution is -2.20. The molecule has 6 aromatic rings. The van der Waals surface area contributed by atoms with E-state index in [0.717, 1.165) is 62.1 Å². The number of nitrogens with zero attached hydrogens (tertiary/aromatic N) is 4. The van der Waals surface area contributed by atoms with Crippen LogP contribution in [0, 0.1) is 11.7 Å². The molecule has 4 heterocycles. The van der Waals surface area contributed by atoms with Gasteiger partial charge in [-0.15, -0.1) is 0 Å². The van der Waals surface area contributed by atoms with Crippen LogP contribution >= 0.6 is 0 Å². The molecule has 9 nitrogen and oxygen atoms in total. The highest BCUT2D eigenvalue weighted by atomic mass is 19.1. The SMILES string of the molecule is CC(C)C(=O)Nc1cncc(-c2cc3c(-c4cc5c(-c6cc(F)cc(NCCN(C)C)c6)cccc5[nH]4)n[nH]c3cn2)c1. The summed E-state index contributed by atoms with van der Waals surface area (Å²) in [5.41, 5.74) is 7.81. The molecule has 4 aromatic heterocycles. The van der Waals surface area contributed by atoms with E-state index in [1.165, 1.54) is 6.07 Å². The molecule has 0 fully saturated rings. The molecule has 43 heavy (non-hydrogen) atoms. The van der Waals surface area contributed by atoms with Crippen LogP contribution in [-0.4, -0.2) is 63.1 Å². The van der Waals surface area contributed by atoms with Crippen molar-refractivity contribution in [3.8, 4) is 33.8 Å². The number of hydrogen-bond donors (Lipinski definition) is 4. The normalized spacial score (nSPS) is 11.6. The Kier molecular flexibility index (Phi) is 7.60. The maximum Gasteiger partial charge on any atom is 0.226 e. The number of H-pyrrole nitrogens is 2. The van der Waals surface area contributed by atoms with Gasteiger partial charge in [-0.3, -0.25) is 19.9 Å². The Balaban J connectivity index is 1.36. The summed E-state index contributed by atoms with van der Waals surface area (Å²) in [6.45, 7) is 5.24. The van der Waals surface area contributed by atoms with E-state index in [2.05, 4.69) is 40.7 Å². The van der Waals surface area contributed by atoms with E-state index < -0.39 is 0 Å². The number of carbonyl (C=O) groups is 1. The summed E-state index contributed by atoms with van der Waals surface area (Å²) >= 11 is 0. The number of fused-ring (bicyclic) bond motifs is 2. The second-order valence-electron chi connectivity index (χ2n) is 11.2. The topological polar surface area (TPSA) is 115 Å². The Bertz CT molecular complexity index is 1940. The summed E-state index contributed by atoms with van der Waals surface area (Å²) in [6, 6.07) is 16.9. The first kappa shape index (κ1) is 28.0. The molecule has 4 N–H and O–H groups in total. The number of carbonyl (C=O) groups excluding carboxylic acids is 1. The molecular weight excluding hydrogens is 543 g/mol. The standard InChI is InChI=1S/C33H33FN8O/c1-19(2)33(43)38-24-12-21(16-35-17-24)29-15-27-31(18-37-29)40-41-32(27)30-14-26-25(6-5-7-28(26)39-30)20-10-22(34)13-23(11-20)36-8-9-42(3)4/h5-7,10-19,36,39H,8-9H2,1-4H3,(H,38,43)(H,40,41). The van der Waals surface area contributed by atoms with Gasteiger partial charge in [-0.2, -0.15) is 5.10 Å². The fraction of sp³-hybridized carbons (Fsp3) is 0.212. The van der Waals surface area contributed by atoms with Gasteiger partial charge in [0.05, 0.1) is 35.0 Å². The van der Waals surface area contributed by atoms with E-state index in [-0.39, 0.29) is 17.6 Å². The monoisotopic (exact) mass is 576 g/mol. The largest absolute Gasteiger partial charge is 0.384 e. The number of rotatable bonds is 9. The van der Waals surface area contributed by atoms with Gasteiger partial charge >= 0.3 is 0 Å². The molecule has 218 valence electrons. The van der Waals surface area contributed by atoms with Crippen molar-refractivity contribution in [2.24, 2.45) is 5.92 Å². The first-order valence-electron chi connectivity index (χ1n) is 14.2. The zero-order valence-electron chi connectivity index (χ0n) is 24.5. The van der Waals surface area contributed by atoms with Crippen LogP contribution in [0.1, 0.15) is 13.8 Å². The van der Waals surface area contributed by atoms with E-state index in [0.29, 0.717) is 17.9 Å². The van der Waals surface area contributed by atoms with Crippen molar-refractivity contribution in [1.29, 1.82) is 0 Å². The summed E-state index contributed by atoms with van der Waals surface area (Å²) in [6.07, 6.45) is 5.08. The predicted octanol–water partition coefficient (Wildman–Crippen LogP) is 6.54. The van der Waals surface area contributed by atoms with E-state index in [9.17, 15) is 9.18 Å². The zero-order valence-corrected chi connectivity index (χ0v) is 24.5. The number of amides is 1. The van der Waals surface area contributed by atoms with Crippen molar-refractivity contribution in [1.82, 2.24) is 30.0 Å². The van der Waals surface area contributed by atoms with Gasteiger partial charge in [0.25, 0.3) is 0 Å². The third-order valence-electron chi connectivity index (χ3n) is 7.29. The molecule has 0 aliphatic carbocycles. The average Bonchev–Trinajstić information content (AvgIpc) is 3.60. The third kappa shape index (κ3) is 5.96. The number of pyridine rings is 2. The van der Waals surface area contributed by atoms with Gasteiger partial charge in [0, 0.05) is 52.7 Å². The summed E-state index contributed by atoms with van der Waals surface area (Å²) in [4.78, 5) is 26.7. The number of hydrogen-bond acceptors (Lipinski definition) is 6. The number of aromatic nitrogens is 5. The van der Waals surface area contributed by atoms with Crippen LogP contribution in [-0.2, 0) is 4.79 Å². The van der Waals surface area contributed by atoms with Crippen molar-refractivity contribution < 1.29 is 9.18 Å². The highest BCUT2D eigenvalue weighted by Gasteiger charge is 2.16. The molecule has 10 heteroatoms. The van der Waals surface area contributed by atoms with Gasteiger partial charge in [0.1, 0.15) is 11.5 Å². The molecule has 0 aliphatic heterocycles. The molecule has 0 bridgehead atoms. The van der Waals surface area contributed by atoms with Crippen LogP contribution < -0.4 is 10.6 Å². The molecule has 0 saturated carbocycles. The van der Waals surface area contributed by atoms with Crippen molar-refractivity contribution in [3.63, 3.8) is 0 Å². The van der Waals surface area contributed by atoms with Crippen LogP contribution in [0.2, 0.25) is 0 Å². The Morgan fingerprint density at radius 1 is 0.953 bits per heavy atom. The lowest BCUT2D eigenvalue weighted by molar-refractivity contribution is -0.118. The minimum absolute atomic E-state index is 0.0762. The van der Waals surface area contributed by atoms with Gasteiger partial charge in [-0.05, 0) is 67.7 Å². The molecule has 1 amide bonds. The minimum Gasteiger partial charge on any atom is -0.384 e. The third-order valence-corrected chi connectivity index (χ3v) is 7.29. The first-order chi connectivity index (χ1) is 20.7. The molecule has 2 aromatic carbocycles. The highest BCUT2D eigenvalue weighted by Crippen LogP contribution is 2.36. The zero-order chi connectivity index (χ0) is 30.1. The van der Waals surface area contributed by atoms with Crippen molar-refractivity contribution >= 4 is 39.1 Å². The van der Waals surface area contributed by atoms with Gasteiger partial charge in [0.15, 0.2) is 0 Å². The molecule has 0 atom stereocenters. The second-order valence-corrected chi connectivity index (χ2v) is 11.2. The smallest absolute Gasteiger partial charge is 0.226 e. The van der Waals surface area contributed by atoms with Crippen LogP contribution in [0.15, 0.2) is 73.2 Å². The minimum atomic E-state index is -0.293. The van der Waals surface area contributed by atoms with Gasteiger partial charge in [0.2, 0.25) is 5.91 Å². The average molecular weight is 577 g/mol. The molecule has 0 radical (unpaired) electrons. The Morgan fingerprint density at radius 3 is 2.60 bits per heavy atom. The highest BCUT2D eigenvalue weighted by molar-refractivity contribution is 6.02. The fourth-order valence-electron chi connectivity index (χ4n) is 5.02. The number of benzene rings is 2.